The summed E-state index contributed by atoms with van der Waals surface area (Å²) in [5.74, 6) is 0.326. The van der Waals surface area contributed by atoms with Gasteiger partial charge in [0.25, 0.3) is 0 Å². The first kappa shape index (κ1) is 16.0. The van der Waals surface area contributed by atoms with Crippen LogP contribution in [0.3, 0.4) is 0 Å². The molecule has 0 bridgehead atoms. The van der Waals surface area contributed by atoms with Gasteiger partial charge in [0.15, 0.2) is 11.5 Å². The third-order valence-corrected chi connectivity index (χ3v) is 3.77. The maximum absolute atomic E-state index is 12.5. The molecule has 1 aliphatic rings. The third-order valence-electron chi connectivity index (χ3n) is 3.77. The zero-order valence-corrected chi connectivity index (χ0v) is 12.0. The average Bonchev–Trinajstić information content (AvgIpc) is 2.47. The van der Waals surface area contributed by atoms with E-state index in [0.717, 1.165) is 25.7 Å². The van der Waals surface area contributed by atoms with Gasteiger partial charge in [0.2, 0.25) is 0 Å². The molecule has 1 saturated carbocycles. The number of nitrogens with one attached hydrogen (secondary N) is 1. The number of alkyl halides is 2. The van der Waals surface area contributed by atoms with Crippen molar-refractivity contribution in [3.63, 3.8) is 0 Å². The molecule has 2 unspecified atom stereocenters. The molecule has 0 aromatic heterocycles. The normalized spacial score (nSPS) is 22.3. The van der Waals surface area contributed by atoms with Crippen molar-refractivity contribution in [1.29, 1.82) is 0 Å². The molecule has 1 aromatic carbocycles. The van der Waals surface area contributed by atoms with E-state index in [9.17, 15) is 13.9 Å². The van der Waals surface area contributed by atoms with Gasteiger partial charge in [-0.25, -0.2) is 0 Å². The Morgan fingerprint density at radius 3 is 2.76 bits per heavy atom. The van der Waals surface area contributed by atoms with Gasteiger partial charge in [0.1, 0.15) is 0 Å². The monoisotopic (exact) mass is 301 g/mol. The molecule has 21 heavy (non-hydrogen) atoms. The van der Waals surface area contributed by atoms with Crippen molar-refractivity contribution in [3.05, 3.63) is 23.8 Å². The number of para-hydroxylation sites is 1. The van der Waals surface area contributed by atoms with Crippen molar-refractivity contribution in [2.75, 3.05) is 7.11 Å². The number of ether oxygens (including phenoxy) is 2. The highest BCUT2D eigenvalue weighted by Gasteiger charge is 2.23. The van der Waals surface area contributed by atoms with Crippen LogP contribution in [-0.2, 0) is 6.54 Å². The van der Waals surface area contributed by atoms with E-state index in [1.54, 1.807) is 18.2 Å². The maximum atomic E-state index is 12.5. The van der Waals surface area contributed by atoms with Gasteiger partial charge in [0.05, 0.1) is 13.2 Å². The fourth-order valence-corrected chi connectivity index (χ4v) is 2.67. The molecule has 0 aliphatic heterocycles. The fourth-order valence-electron chi connectivity index (χ4n) is 2.67. The quantitative estimate of drug-likeness (QED) is 0.848. The minimum atomic E-state index is -2.90. The van der Waals surface area contributed by atoms with Crippen LogP contribution in [0.2, 0.25) is 0 Å². The largest absolute Gasteiger partial charge is 0.493 e. The molecule has 0 saturated heterocycles. The standard InChI is InChI=1S/C15H21F2NO3/c1-20-13-8-4-5-10(14(13)21-15(16)17)9-18-11-6-2-3-7-12(11)19/h4-5,8,11-12,15,18-19H,2-3,6-7,9H2,1H3. The molecule has 2 N–H and O–H groups in total. The lowest BCUT2D eigenvalue weighted by Crippen LogP contribution is -2.41. The zero-order valence-electron chi connectivity index (χ0n) is 12.0. The number of benzene rings is 1. The van der Waals surface area contributed by atoms with Crippen molar-refractivity contribution in [1.82, 2.24) is 5.32 Å². The van der Waals surface area contributed by atoms with Gasteiger partial charge in [0, 0.05) is 18.2 Å². The Morgan fingerprint density at radius 2 is 2.10 bits per heavy atom. The summed E-state index contributed by atoms with van der Waals surface area (Å²) >= 11 is 0. The zero-order chi connectivity index (χ0) is 15.2. The summed E-state index contributed by atoms with van der Waals surface area (Å²) in [6, 6.07) is 5.01. The minimum absolute atomic E-state index is 0.00986. The van der Waals surface area contributed by atoms with Gasteiger partial charge in [-0.2, -0.15) is 8.78 Å². The Balaban J connectivity index is 2.07. The van der Waals surface area contributed by atoms with Crippen molar-refractivity contribution >= 4 is 0 Å². The van der Waals surface area contributed by atoms with E-state index in [-0.39, 0.29) is 23.6 Å². The molecule has 6 heteroatoms. The first-order valence-corrected chi connectivity index (χ1v) is 7.14. The molecule has 2 rings (SSSR count). The smallest absolute Gasteiger partial charge is 0.387 e. The molecule has 1 aromatic rings. The van der Waals surface area contributed by atoms with Crippen LogP contribution < -0.4 is 14.8 Å². The van der Waals surface area contributed by atoms with Gasteiger partial charge >= 0.3 is 6.61 Å². The molecule has 1 fully saturated rings. The Morgan fingerprint density at radius 1 is 1.33 bits per heavy atom. The Labute approximate surface area is 123 Å². The highest BCUT2D eigenvalue weighted by atomic mass is 19.3. The lowest BCUT2D eigenvalue weighted by atomic mass is 9.92. The lowest BCUT2D eigenvalue weighted by Gasteiger charge is -2.28. The van der Waals surface area contributed by atoms with E-state index in [2.05, 4.69) is 10.1 Å². The van der Waals surface area contributed by atoms with E-state index in [1.807, 2.05) is 0 Å². The summed E-state index contributed by atoms with van der Waals surface area (Å²) in [4.78, 5) is 0. The number of halogens is 2. The summed E-state index contributed by atoms with van der Waals surface area (Å²) in [5.41, 5.74) is 0.590. The van der Waals surface area contributed by atoms with Gasteiger partial charge < -0.3 is 19.9 Å². The summed E-state index contributed by atoms with van der Waals surface area (Å²) < 4.78 is 34.7. The van der Waals surface area contributed by atoms with Crippen LogP contribution in [0, 0.1) is 0 Å². The van der Waals surface area contributed by atoms with E-state index < -0.39 is 6.61 Å². The number of aliphatic hydroxyl groups is 1. The Hall–Kier alpha value is -1.40. The molecule has 0 amide bonds. The van der Waals surface area contributed by atoms with E-state index >= 15 is 0 Å². The number of hydrogen-bond donors (Lipinski definition) is 2. The van der Waals surface area contributed by atoms with Gasteiger partial charge in [-0.05, 0) is 18.9 Å². The molecule has 2 atom stereocenters. The number of hydrogen-bond acceptors (Lipinski definition) is 4. The van der Waals surface area contributed by atoms with Crippen LogP contribution in [0.4, 0.5) is 8.78 Å². The highest BCUT2D eigenvalue weighted by Crippen LogP contribution is 2.32. The minimum Gasteiger partial charge on any atom is -0.493 e. The second-order valence-corrected chi connectivity index (χ2v) is 5.17. The van der Waals surface area contributed by atoms with Gasteiger partial charge in [-0.3, -0.25) is 0 Å². The predicted octanol–water partition coefficient (Wildman–Crippen LogP) is 2.69. The average molecular weight is 301 g/mol. The van der Waals surface area contributed by atoms with E-state index in [0.29, 0.717) is 12.1 Å². The van der Waals surface area contributed by atoms with Crippen LogP contribution in [-0.4, -0.2) is 31.0 Å². The number of rotatable bonds is 6. The lowest BCUT2D eigenvalue weighted by molar-refractivity contribution is -0.0519. The van der Waals surface area contributed by atoms with E-state index in [4.69, 9.17) is 4.74 Å². The highest BCUT2D eigenvalue weighted by molar-refractivity contribution is 5.46. The SMILES string of the molecule is COc1cccc(CNC2CCCCC2O)c1OC(F)F. The second kappa shape index (κ2) is 7.56. The third kappa shape index (κ3) is 4.28. The van der Waals surface area contributed by atoms with Gasteiger partial charge in [-0.15, -0.1) is 0 Å². The summed E-state index contributed by atoms with van der Waals surface area (Å²) in [5, 5.41) is 13.1. The van der Waals surface area contributed by atoms with Crippen LogP contribution in [0.5, 0.6) is 11.5 Å². The molecule has 0 heterocycles. The first-order chi connectivity index (χ1) is 10.1. The molecule has 1 aliphatic carbocycles. The molecular formula is C15H21F2NO3. The fraction of sp³-hybridized carbons (Fsp3) is 0.600. The molecule has 0 spiro atoms. The number of aliphatic hydroxyl groups excluding tert-OH is 1. The van der Waals surface area contributed by atoms with Crippen LogP contribution in [0.15, 0.2) is 18.2 Å². The summed E-state index contributed by atoms with van der Waals surface area (Å²) in [6.07, 6.45) is 3.36. The van der Waals surface area contributed by atoms with Crippen molar-refractivity contribution in [3.8, 4) is 11.5 Å². The van der Waals surface area contributed by atoms with Crippen molar-refractivity contribution in [2.45, 2.75) is 51.0 Å². The predicted molar refractivity (Wildman–Crippen MR) is 74.7 cm³/mol. The van der Waals surface area contributed by atoms with Gasteiger partial charge in [-0.1, -0.05) is 25.0 Å². The molecule has 0 radical (unpaired) electrons. The first-order valence-electron chi connectivity index (χ1n) is 7.14. The van der Waals surface area contributed by atoms with Crippen LogP contribution >= 0.6 is 0 Å². The van der Waals surface area contributed by atoms with Crippen LogP contribution in [0.1, 0.15) is 31.2 Å². The molecular weight excluding hydrogens is 280 g/mol. The van der Waals surface area contributed by atoms with Crippen molar-refractivity contribution < 1.29 is 23.4 Å². The Bertz CT molecular complexity index is 457. The van der Waals surface area contributed by atoms with Crippen molar-refractivity contribution in [2.24, 2.45) is 0 Å². The van der Waals surface area contributed by atoms with Crippen LogP contribution in [0.25, 0.3) is 0 Å². The molecule has 118 valence electrons. The second-order valence-electron chi connectivity index (χ2n) is 5.17. The number of methoxy groups -OCH3 is 1. The molecule has 4 nitrogen and oxygen atoms in total. The topological polar surface area (TPSA) is 50.7 Å². The Kier molecular flexibility index (Phi) is 5.76. The summed E-state index contributed by atoms with van der Waals surface area (Å²) in [7, 11) is 1.41. The summed E-state index contributed by atoms with van der Waals surface area (Å²) in [6.45, 7) is -2.55. The van der Waals surface area contributed by atoms with E-state index in [1.165, 1.54) is 7.11 Å². The maximum Gasteiger partial charge on any atom is 0.387 e.